The largest absolute Gasteiger partial charge is 0.504 e. The molecule has 7 nitrogen and oxygen atoms in total. The molecule has 124 valence electrons. The highest BCUT2D eigenvalue weighted by Gasteiger charge is 2.17. The van der Waals surface area contributed by atoms with Gasteiger partial charge in [-0.05, 0) is 24.6 Å². The maximum atomic E-state index is 11.8. The molecule has 1 aromatic heterocycles. The third kappa shape index (κ3) is 3.81. The second-order valence-corrected chi connectivity index (χ2v) is 4.84. The number of hydrogen-bond acceptors (Lipinski definition) is 7. The van der Waals surface area contributed by atoms with Crippen LogP contribution in [0.15, 0.2) is 27.4 Å². The standard InChI is InChI=1S/C16H18O7/c1-2-3-7-21-14-13(18)11-9-10(15(19)22-8-6-17)4-5-12(11)23-16(14)20/h4-5,9,17-18H,2-3,6-8H2,1H3. The van der Waals surface area contributed by atoms with Crippen molar-refractivity contribution < 1.29 is 28.9 Å². The van der Waals surface area contributed by atoms with E-state index in [-0.39, 0.29) is 47.9 Å². The molecule has 0 saturated heterocycles. The molecule has 7 heteroatoms. The van der Waals surface area contributed by atoms with Crippen molar-refractivity contribution in [2.45, 2.75) is 19.8 Å². The smallest absolute Gasteiger partial charge is 0.383 e. The van der Waals surface area contributed by atoms with Crippen LogP contribution in [0, 0.1) is 0 Å². The molecule has 0 fully saturated rings. The summed E-state index contributed by atoms with van der Waals surface area (Å²) in [5.74, 6) is -1.30. The van der Waals surface area contributed by atoms with Gasteiger partial charge in [0.05, 0.1) is 24.2 Å². The van der Waals surface area contributed by atoms with Crippen molar-refractivity contribution in [1.29, 1.82) is 0 Å². The average molecular weight is 322 g/mol. The van der Waals surface area contributed by atoms with Crippen LogP contribution in [0.5, 0.6) is 11.5 Å². The molecule has 0 radical (unpaired) electrons. The van der Waals surface area contributed by atoms with Gasteiger partial charge in [0.15, 0.2) is 5.75 Å². The summed E-state index contributed by atoms with van der Waals surface area (Å²) < 4.78 is 15.2. The van der Waals surface area contributed by atoms with Crippen LogP contribution in [-0.4, -0.2) is 36.0 Å². The monoisotopic (exact) mass is 322 g/mol. The fourth-order valence-corrected chi connectivity index (χ4v) is 1.96. The van der Waals surface area contributed by atoms with E-state index in [4.69, 9.17) is 19.0 Å². The molecule has 1 aromatic carbocycles. The Morgan fingerprint density at radius 1 is 1.30 bits per heavy atom. The predicted molar refractivity (Wildman–Crippen MR) is 81.9 cm³/mol. The molecule has 0 unspecified atom stereocenters. The van der Waals surface area contributed by atoms with Gasteiger partial charge >= 0.3 is 11.6 Å². The van der Waals surface area contributed by atoms with Gasteiger partial charge in [-0.15, -0.1) is 0 Å². The molecular weight excluding hydrogens is 304 g/mol. The van der Waals surface area contributed by atoms with Crippen LogP contribution in [-0.2, 0) is 4.74 Å². The number of aliphatic hydroxyl groups is 1. The molecule has 0 spiro atoms. The number of unbranched alkanes of at least 4 members (excludes halogenated alkanes) is 1. The minimum Gasteiger partial charge on any atom is -0.504 e. The van der Waals surface area contributed by atoms with Crippen molar-refractivity contribution in [3.05, 3.63) is 34.2 Å². The van der Waals surface area contributed by atoms with E-state index in [9.17, 15) is 14.7 Å². The maximum absolute atomic E-state index is 11.8. The number of benzene rings is 1. The number of rotatable bonds is 7. The second kappa shape index (κ2) is 7.64. The Bertz CT molecular complexity index is 748. The Morgan fingerprint density at radius 3 is 2.78 bits per heavy atom. The molecule has 2 rings (SSSR count). The lowest BCUT2D eigenvalue weighted by Gasteiger charge is -2.09. The zero-order valence-corrected chi connectivity index (χ0v) is 12.7. The summed E-state index contributed by atoms with van der Waals surface area (Å²) in [5.41, 5.74) is -0.481. The first kappa shape index (κ1) is 16.8. The number of esters is 1. The van der Waals surface area contributed by atoms with E-state index >= 15 is 0 Å². The van der Waals surface area contributed by atoms with Crippen molar-refractivity contribution in [2.24, 2.45) is 0 Å². The van der Waals surface area contributed by atoms with Crippen LogP contribution < -0.4 is 10.4 Å². The molecule has 0 aliphatic heterocycles. The van der Waals surface area contributed by atoms with Crippen molar-refractivity contribution in [1.82, 2.24) is 0 Å². The Hall–Kier alpha value is -2.54. The molecule has 0 atom stereocenters. The average Bonchev–Trinajstić information content (AvgIpc) is 2.55. The lowest BCUT2D eigenvalue weighted by molar-refractivity contribution is 0.0434. The number of carbonyl (C=O) groups excluding carboxylic acids is 1. The fourth-order valence-electron chi connectivity index (χ4n) is 1.96. The SMILES string of the molecule is CCCCOc1c(O)c2cc(C(=O)OCCO)ccc2oc1=O. The van der Waals surface area contributed by atoms with Crippen molar-refractivity contribution in [3.63, 3.8) is 0 Å². The summed E-state index contributed by atoms with van der Waals surface area (Å²) in [6.45, 7) is 1.84. The van der Waals surface area contributed by atoms with Gasteiger partial charge in [-0.2, -0.15) is 0 Å². The molecule has 0 aliphatic rings. The van der Waals surface area contributed by atoms with E-state index in [0.29, 0.717) is 0 Å². The van der Waals surface area contributed by atoms with E-state index < -0.39 is 11.6 Å². The van der Waals surface area contributed by atoms with Crippen LogP contribution in [0.25, 0.3) is 11.0 Å². The van der Waals surface area contributed by atoms with E-state index in [1.54, 1.807) is 0 Å². The molecule has 2 aromatic rings. The number of hydrogen-bond donors (Lipinski definition) is 2. The summed E-state index contributed by atoms with van der Waals surface area (Å²) in [5, 5.41) is 19.1. The summed E-state index contributed by atoms with van der Waals surface area (Å²) in [4.78, 5) is 23.6. The van der Waals surface area contributed by atoms with Gasteiger partial charge in [-0.25, -0.2) is 9.59 Å². The quantitative estimate of drug-likeness (QED) is 0.455. The molecule has 0 aliphatic carbocycles. The minimum atomic E-state index is -0.776. The van der Waals surface area contributed by atoms with Crippen LogP contribution in [0.4, 0.5) is 0 Å². The summed E-state index contributed by atoms with van der Waals surface area (Å²) in [6.07, 6.45) is 1.60. The molecule has 23 heavy (non-hydrogen) atoms. The molecule has 0 amide bonds. The Balaban J connectivity index is 2.40. The number of fused-ring (bicyclic) bond motifs is 1. The molecule has 2 N–H and O–H groups in total. The van der Waals surface area contributed by atoms with Gasteiger partial charge in [0.1, 0.15) is 12.2 Å². The third-order valence-electron chi connectivity index (χ3n) is 3.14. The fraction of sp³-hybridized carbons (Fsp3) is 0.375. The van der Waals surface area contributed by atoms with Crippen LogP contribution >= 0.6 is 0 Å². The van der Waals surface area contributed by atoms with Crippen molar-refractivity contribution in [3.8, 4) is 11.5 Å². The first-order valence-electron chi connectivity index (χ1n) is 7.29. The maximum Gasteiger partial charge on any atom is 0.383 e. The minimum absolute atomic E-state index is 0.127. The van der Waals surface area contributed by atoms with Gasteiger partial charge in [-0.3, -0.25) is 0 Å². The Morgan fingerprint density at radius 2 is 2.09 bits per heavy atom. The normalized spacial score (nSPS) is 10.7. The van der Waals surface area contributed by atoms with E-state index in [0.717, 1.165) is 12.8 Å². The summed E-state index contributed by atoms with van der Waals surface area (Å²) in [7, 11) is 0. The predicted octanol–water partition coefficient (Wildman–Crippen LogP) is 1.83. The highest BCUT2D eigenvalue weighted by Crippen LogP contribution is 2.32. The van der Waals surface area contributed by atoms with Gasteiger partial charge in [0.2, 0.25) is 5.75 Å². The van der Waals surface area contributed by atoms with Crippen LogP contribution in [0.1, 0.15) is 30.1 Å². The number of aliphatic hydroxyl groups excluding tert-OH is 1. The number of aromatic hydroxyl groups is 1. The molecular formula is C16H18O7. The summed E-state index contributed by atoms with van der Waals surface area (Å²) >= 11 is 0. The van der Waals surface area contributed by atoms with E-state index in [1.807, 2.05) is 6.92 Å². The third-order valence-corrected chi connectivity index (χ3v) is 3.14. The van der Waals surface area contributed by atoms with Crippen LogP contribution in [0.3, 0.4) is 0 Å². The second-order valence-electron chi connectivity index (χ2n) is 4.84. The van der Waals surface area contributed by atoms with Crippen molar-refractivity contribution in [2.75, 3.05) is 19.8 Å². The topological polar surface area (TPSA) is 106 Å². The van der Waals surface area contributed by atoms with Crippen molar-refractivity contribution >= 4 is 16.9 Å². The Kier molecular flexibility index (Phi) is 5.59. The Labute approximate surface area is 132 Å². The van der Waals surface area contributed by atoms with Gasteiger partial charge < -0.3 is 24.1 Å². The number of ether oxygens (including phenoxy) is 2. The highest BCUT2D eigenvalue weighted by atomic mass is 16.5. The zero-order chi connectivity index (χ0) is 16.8. The molecule has 0 saturated carbocycles. The van der Waals surface area contributed by atoms with Gasteiger partial charge in [0, 0.05) is 0 Å². The lowest BCUT2D eigenvalue weighted by Crippen LogP contribution is -2.10. The first-order chi connectivity index (χ1) is 11.1. The first-order valence-corrected chi connectivity index (χ1v) is 7.29. The lowest BCUT2D eigenvalue weighted by atomic mass is 10.1. The van der Waals surface area contributed by atoms with E-state index in [2.05, 4.69) is 0 Å². The summed E-state index contributed by atoms with van der Waals surface area (Å²) in [6, 6.07) is 4.14. The van der Waals surface area contributed by atoms with E-state index in [1.165, 1.54) is 18.2 Å². The molecule has 1 heterocycles. The molecule has 0 bridgehead atoms. The number of carbonyl (C=O) groups is 1. The van der Waals surface area contributed by atoms with Gasteiger partial charge in [-0.1, -0.05) is 13.3 Å². The zero-order valence-electron chi connectivity index (χ0n) is 12.7. The van der Waals surface area contributed by atoms with Gasteiger partial charge in [0.25, 0.3) is 0 Å². The van der Waals surface area contributed by atoms with Crippen LogP contribution in [0.2, 0.25) is 0 Å². The highest BCUT2D eigenvalue weighted by molar-refractivity contribution is 5.96.